The summed E-state index contributed by atoms with van der Waals surface area (Å²) < 4.78 is 4.80. The van der Waals surface area contributed by atoms with Gasteiger partial charge in [-0.3, -0.25) is 4.79 Å². The number of carbonyl (C=O) groups is 1. The standard InChI is InChI=1S/C13H16N4O2/c1-9(11-5-7-19-16-11)17(3)13(18)10-4-6-15-12(8-10)14-2/h4-9H,1-3H3,(H,14,15)/t9-/m1/s1. The minimum atomic E-state index is -0.155. The maximum absolute atomic E-state index is 12.4. The van der Waals surface area contributed by atoms with Crippen LogP contribution in [0.1, 0.15) is 29.0 Å². The van der Waals surface area contributed by atoms with Crippen LogP contribution in [-0.2, 0) is 0 Å². The van der Waals surface area contributed by atoms with Gasteiger partial charge >= 0.3 is 0 Å². The van der Waals surface area contributed by atoms with E-state index in [2.05, 4.69) is 15.5 Å². The van der Waals surface area contributed by atoms with E-state index in [1.165, 1.54) is 6.26 Å². The number of amides is 1. The van der Waals surface area contributed by atoms with Gasteiger partial charge in [0.1, 0.15) is 17.8 Å². The van der Waals surface area contributed by atoms with E-state index in [0.717, 1.165) is 5.69 Å². The average Bonchev–Trinajstić information content (AvgIpc) is 2.99. The Morgan fingerprint density at radius 1 is 1.47 bits per heavy atom. The summed E-state index contributed by atoms with van der Waals surface area (Å²) in [6.07, 6.45) is 3.10. The lowest BCUT2D eigenvalue weighted by Crippen LogP contribution is -2.29. The fraction of sp³-hybridized carbons (Fsp3) is 0.308. The predicted octanol–water partition coefficient (Wildman–Crippen LogP) is 1.94. The smallest absolute Gasteiger partial charge is 0.254 e. The molecule has 6 heteroatoms. The molecular weight excluding hydrogens is 244 g/mol. The van der Waals surface area contributed by atoms with Crippen molar-refractivity contribution in [3.63, 3.8) is 0 Å². The number of nitrogens with zero attached hydrogens (tertiary/aromatic N) is 3. The number of rotatable bonds is 4. The lowest BCUT2D eigenvalue weighted by atomic mass is 10.1. The number of nitrogens with one attached hydrogen (secondary N) is 1. The monoisotopic (exact) mass is 260 g/mol. The first-order chi connectivity index (χ1) is 9.13. The Hall–Kier alpha value is -2.37. The molecule has 2 aromatic heterocycles. The van der Waals surface area contributed by atoms with Crippen LogP contribution >= 0.6 is 0 Å². The van der Waals surface area contributed by atoms with Crippen LogP contribution in [0.5, 0.6) is 0 Å². The van der Waals surface area contributed by atoms with E-state index in [4.69, 9.17) is 4.52 Å². The SMILES string of the molecule is CNc1cc(C(=O)N(C)[C@H](C)c2ccon2)ccn1. The first-order valence-corrected chi connectivity index (χ1v) is 5.94. The Morgan fingerprint density at radius 2 is 2.26 bits per heavy atom. The highest BCUT2D eigenvalue weighted by atomic mass is 16.5. The Balaban J connectivity index is 2.18. The molecule has 100 valence electrons. The molecule has 0 spiro atoms. The summed E-state index contributed by atoms with van der Waals surface area (Å²) >= 11 is 0. The molecule has 0 saturated heterocycles. The Kier molecular flexibility index (Phi) is 3.79. The van der Waals surface area contributed by atoms with Gasteiger partial charge in [-0.2, -0.15) is 0 Å². The van der Waals surface area contributed by atoms with E-state index in [1.54, 1.807) is 43.4 Å². The van der Waals surface area contributed by atoms with Gasteiger partial charge in [-0.25, -0.2) is 4.98 Å². The van der Waals surface area contributed by atoms with Crippen LogP contribution in [0, 0.1) is 0 Å². The summed E-state index contributed by atoms with van der Waals surface area (Å²) in [4.78, 5) is 18.1. The average molecular weight is 260 g/mol. The van der Waals surface area contributed by atoms with Crippen LogP contribution in [0.2, 0.25) is 0 Å². The maximum atomic E-state index is 12.4. The topological polar surface area (TPSA) is 71.3 Å². The highest BCUT2D eigenvalue weighted by molar-refractivity contribution is 5.94. The summed E-state index contributed by atoms with van der Waals surface area (Å²) in [5.74, 6) is 0.572. The fourth-order valence-corrected chi connectivity index (χ4v) is 1.72. The minimum absolute atomic E-state index is 0.0885. The molecule has 19 heavy (non-hydrogen) atoms. The van der Waals surface area contributed by atoms with Gasteiger partial charge in [-0.15, -0.1) is 0 Å². The molecule has 0 aliphatic heterocycles. The second kappa shape index (κ2) is 5.51. The van der Waals surface area contributed by atoms with E-state index in [1.807, 2.05) is 6.92 Å². The normalized spacial score (nSPS) is 11.9. The van der Waals surface area contributed by atoms with Gasteiger partial charge in [0.25, 0.3) is 5.91 Å². The highest BCUT2D eigenvalue weighted by Gasteiger charge is 2.21. The van der Waals surface area contributed by atoms with Gasteiger partial charge in [-0.1, -0.05) is 5.16 Å². The molecule has 2 rings (SSSR count). The van der Waals surface area contributed by atoms with Crippen LogP contribution in [0.25, 0.3) is 0 Å². The first kappa shape index (κ1) is 13.1. The van der Waals surface area contributed by atoms with Crippen LogP contribution in [-0.4, -0.2) is 35.0 Å². The number of hydrogen-bond donors (Lipinski definition) is 1. The fourth-order valence-electron chi connectivity index (χ4n) is 1.72. The molecule has 0 saturated carbocycles. The largest absolute Gasteiger partial charge is 0.373 e. The lowest BCUT2D eigenvalue weighted by molar-refractivity contribution is 0.0737. The van der Waals surface area contributed by atoms with Crippen LogP contribution in [0.4, 0.5) is 5.82 Å². The first-order valence-electron chi connectivity index (χ1n) is 5.94. The van der Waals surface area contributed by atoms with Crippen molar-refractivity contribution in [1.82, 2.24) is 15.0 Å². The summed E-state index contributed by atoms with van der Waals surface area (Å²) in [5.41, 5.74) is 1.30. The van der Waals surface area contributed by atoms with Gasteiger partial charge in [0.2, 0.25) is 0 Å². The molecule has 2 heterocycles. The third-order valence-corrected chi connectivity index (χ3v) is 3.05. The van der Waals surface area contributed by atoms with Crippen molar-refractivity contribution in [1.29, 1.82) is 0 Å². The van der Waals surface area contributed by atoms with Crippen molar-refractivity contribution in [2.45, 2.75) is 13.0 Å². The van der Waals surface area contributed by atoms with Crippen molar-refractivity contribution >= 4 is 11.7 Å². The lowest BCUT2D eigenvalue weighted by Gasteiger charge is -2.23. The zero-order valence-electron chi connectivity index (χ0n) is 11.1. The molecule has 2 aromatic rings. The molecule has 1 amide bonds. The molecular formula is C13H16N4O2. The molecule has 0 aliphatic rings. The molecule has 1 atom stereocenters. The summed E-state index contributed by atoms with van der Waals surface area (Å²) in [7, 11) is 3.50. The van der Waals surface area contributed by atoms with Crippen molar-refractivity contribution in [2.24, 2.45) is 0 Å². The number of hydrogen-bond acceptors (Lipinski definition) is 5. The van der Waals surface area contributed by atoms with Crippen molar-refractivity contribution in [3.05, 3.63) is 41.9 Å². The molecule has 0 bridgehead atoms. The predicted molar refractivity (Wildman–Crippen MR) is 70.8 cm³/mol. The third kappa shape index (κ3) is 2.73. The molecule has 1 N–H and O–H groups in total. The minimum Gasteiger partial charge on any atom is -0.373 e. The second-order valence-corrected chi connectivity index (χ2v) is 4.20. The summed E-state index contributed by atoms with van der Waals surface area (Å²) in [6.45, 7) is 1.90. The quantitative estimate of drug-likeness (QED) is 0.909. The van der Waals surface area contributed by atoms with Crippen LogP contribution < -0.4 is 5.32 Å². The number of anilines is 1. The van der Waals surface area contributed by atoms with Gasteiger partial charge in [-0.05, 0) is 19.1 Å². The highest BCUT2D eigenvalue weighted by Crippen LogP contribution is 2.19. The number of carbonyl (C=O) groups excluding carboxylic acids is 1. The van der Waals surface area contributed by atoms with Crippen molar-refractivity contribution in [3.8, 4) is 0 Å². The van der Waals surface area contributed by atoms with E-state index in [9.17, 15) is 4.79 Å². The van der Waals surface area contributed by atoms with Crippen LogP contribution in [0.15, 0.2) is 35.2 Å². The van der Waals surface area contributed by atoms with E-state index < -0.39 is 0 Å². The zero-order valence-corrected chi connectivity index (χ0v) is 11.1. The maximum Gasteiger partial charge on any atom is 0.254 e. The van der Waals surface area contributed by atoms with Gasteiger partial charge in [0.15, 0.2) is 0 Å². The van der Waals surface area contributed by atoms with E-state index >= 15 is 0 Å². The van der Waals surface area contributed by atoms with Gasteiger partial charge in [0.05, 0.1) is 6.04 Å². The molecule has 6 nitrogen and oxygen atoms in total. The van der Waals surface area contributed by atoms with E-state index in [-0.39, 0.29) is 11.9 Å². The number of pyridine rings is 1. The molecule has 0 aromatic carbocycles. The molecule has 0 unspecified atom stereocenters. The summed E-state index contributed by atoms with van der Waals surface area (Å²) in [6, 6.07) is 5.00. The number of aromatic nitrogens is 2. The second-order valence-electron chi connectivity index (χ2n) is 4.20. The molecule has 0 aliphatic carbocycles. The van der Waals surface area contributed by atoms with Crippen LogP contribution in [0.3, 0.4) is 0 Å². The van der Waals surface area contributed by atoms with Crippen molar-refractivity contribution < 1.29 is 9.32 Å². The Labute approximate surface area is 111 Å². The van der Waals surface area contributed by atoms with Gasteiger partial charge in [0, 0.05) is 31.9 Å². The van der Waals surface area contributed by atoms with Gasteiger partial charge < -0.3 is 14.7 Å². The third-order valence-electron chi connectivity index (χ3n) is 3.05. The molecule has 0 radical (unpaired) electrons. The Bertz CT molecular complexity index is 554. The summed E-state index contributed by atoms with van der Waals surface area (Å²) in [5, 5.41) is 6.76. The molecule has 0 fully saturated rings. The van der Waals surface area contributed by atoms with E-state index in [0.29, 0.717) is 11.4 Å². The zero-order chi connectivity index (χ0) is 13.8. The van der Waals surface area contributed by atoms with Crippen molar-refractivity contribution in [2.75, 3.05) is 19.4 Å². The Morgan fingerprint density at radius 3 is 2.89 bits per heavy atom.